The van der Waals surface area contributed by atoms with Gasteiger partial charge in [-0.3, -0.25) is 15.2 Å². The van der Waals surface area contributed by atoms with Gasteiger partial charge in [0.2, 0.25) is 17.6 Å². The van der Waals surface area contributed by atoms with Crippen LogP contribution in [0.1, 0.15) is 12.3 Å². The lowest BCUT2D eigenvalue weighted by Gasteiger charge is -1.94. The Kier molecular flexibility index (Phi) is 3.41. The number of aromatic nitrogens is 3. The van der Waals surface area contributed by atoms with Crippen molar-refractivity contribution in [2.24, 2.45) is 5.84 Å². The first-order valence-electron chi connectivity index (χ1n) is 5.02. The van der Waals surface area contributed by atoms with Gasteiger partial charge < -0.3 is 4.52 Å². The summed E-state index contributed by atoms with van der Waals surface area (Å²) in [6.07, 6.45) is 3.87. The molecular weight excluding hydrogens is 222 g/mol. The zero-order valence-corrected chi connectivity index (χ0v) is 8.96. The second-order valence-electron chi connectivity index (χ2n) is 3.32. The highest BCUT2D eigenvalue weighted by molar-refractivity contribution is 5.75. The number of amides is 1. The smallest absolute Gasteiger partial charge is 0.234 e. The van der Waals surface area contributed by atoms with Crippen molar-refractivity contribution in [1.29, 1.82) is 0 Å². The molecule has 3 N–H and O–H groups in total. The molecular formula is C10H11N5O2. The van der Waals surface area contributed by atoms with E-state index in [1.54, 1.807) is 18.5 Å². The zero-order valence-electron chi connectivity index (χ0n) is 8.96. The maximum Gasteiger partial charge on any atom is 0.234 e. The number of rotatable bonds is 4. The normalized spacial score (nSPS) is 10.2. The average Bonchev–Trinajstić information content (AvgIpc) is 2.86. The van der Waals surface area contributed by atoms with Crippen LogP contribution in [0.15, 0.2) is 29.0 Å². The van der Waals surface area contributed by atoms with Crippen molar-refractivity contribution in [3.63, 3.8) is 0 Å². The minimum atomic E-state index is -0.272. The lowest BCUT2D eigenvalue weighted by atomic mass is 10.2. The molecule has 0 aromatic carbocycles. The Bertz CT molecular complexity index is 496. The number of carbonyl (C=O) groups excluding carboxylic acids is 1. The largest absolute Gasteiger partial charge is 0.339 e. The number of aryl methyl sites for hydroxylation is 1. The topological polar surface area (TPSA) is 107 Å². The van der Waals surface area contributed by atoms with Crippen molar-refractivity contribution in [1.82, 2.24) is 20.6 Å². The Morgan fingerprint density at radius 2 is 2.41 bits per heavy atom. The van der Waals surface area contributed by atoms with Crippen molar-refractivity contribution in [2.45, 2.75) is 12.8 Å². The Morgan fingerprint density at radius 1 is 1.53 bits per heavy atom. The fraction of sp³-hybridized carbons (Fsp3) is 0.200. The summed E-state index contributed by atoms with van der Waals surface area (Å²) in [5.74, 6) is 5.54. The maximum absolute atomic E-state index is 10.9. The maximum atomic E-state index is 10.9. The van der Waals surface area contributed by atoms with Crippen molar-refractivity contribution < 1.29 is 9.32 Å². The van der Waals surface area contributed by atoms with Crippen molar-refractivity contribution in [2.75, 3.05) is 0 Å². The van der Waals surface area contributed by atoms with Gasteiger partial charge in [0.1, 0.15) is 0 Å². The van der Waals surface area contributed by atoms with Crippen LogP contribution in [0, 0.1) is 0 Å². The number of nitrogens with two attached hydrogens (primary N) is 1. The number of carbonyl (C=O) groups is 1. The molecule has 88 valence electrons. The number of hydrogen-bond donors (Lipinski definition) is 2. The van der Waals surface area contributed by atoms with E-state index < -0.39 is 0 Å². The van der Waals surface area contributed by atoms with Crippen LogP contribution in [0.3, 0.4) is 0 Å². The third kappa shape index (κ3) is 2.85. The Labute approximate surface area is 97.0 Å². The second kappa shape index (κ2) is 5.17. The van der Waals surface area contributed by atoms with E-state index >= 15 is 0 Å². The van der Waals surface area contributed by atoms with E-state index in [2.05, 4.69) is 15.1 Å². The van der Waals surface area contributed by atoms with Crippen LogP contribution in [-0.4, -0.2) is 21.0 Å². The minimum absolute atomic E-state index is 0.213. The number of hydrogen-bond acceptors (Lipinski definition) is 6. The van der Waals surface area contributed by atoms with Crippen LogP contribution in [0.4, 0.5) is 0 Å². The summed E-state index contributed by atoms with van der Waals surface area (Å²) in [5, 5.41) is 3.80. The molecule has 0 bridgehead atoms. The summed E-state index contributed by atoms with van der Waals surface area (Å²) < 4.78 is 5.00. The van der Waals surface area contributed by atoms with Gasteiger partial charge >= 0.3 is 0 Å². The molecule has 0 spiro atoms. The van der Waals surface area contributed by atoms with Crippen molar-refractivity contribution >= 4 is 5.91 Å². The molecule has 0 saturated heterocycles. The van der Waals surface area contributed by atoms with Gasteiger partial charge in [-0.2, -0.15) is 4.98 Å². The molecule has 17 heavy (non-hydrogen) atoms. The summed E-state index contributed by atoms with van der Waals surface area (Å²) in [4.78, 5) is 19.0. The van der Waals surface area contributed by atoms with Gasteiger partial charge in [-0.15, -0.1) is 0 Å². The van der Waals surface area contributed by atoms with Crippen LogP contribution in [0.5, 0.6) is 0 Å². The Balaban J connectivity index is 2.04. The molecule has 2 aromatic rings. The lowest BCUT2D eigenvalue weighted by Crippen LogP contribution is -2.30. The highest BCUT2D eigenvalue weighted by Crippen LogP contribution is 2.14. The Hall–Kier alpha value is -2.28. The van der Waals surface area contributed by atoms with Crippen LogP contribution < -0.4 is 11.3 Å². The summed E-state index contributed by atoms with van der Waals surface area (Å²) in [7, 11) is 0. The molecule has 0 aliphatic rings. The van der Waals surface area contributed by atoms with Crippen LogP contribution in [-0.2, 0) is 11.2 Å². The third-order valence-corrected chi connectivity index (χ3v) is 2.11. The number of nitrogens with one attached hydrogen (secondary N) is 1. The molecule has 1 amide bonds. The summed E-state index contributed by atoms with van der Waals surface area (Å²) in [5.41, 5.74) is 2.80. The van der Waals surface area contributed by atoms with E-state index in [1.807, 2.05) is 11.5 Å². The molecule has 2 heterocycles. The third-order valence-electron chi connectivity index (χ3n) is 2.11. The van der Waals surface area contributed by atoms with E-state index in [0.29, 0.717) is 18.1 Å². The van der Waals surface area contributed by atoms with Gasteiger partial charge in [-0.05, 0) is 12.1 Å². The highest BCUT2D eigenvalue weighted by atomic mass is 16.5. The number of hydrazine groups is 1. The average molecular weight is 233 g/mol. The van der Waals surface area contributed by atoms with Gasteiger partial charge in [0.25, 0.3) is 0 Å². The fourth-order valence-electron chi connectivity index (χ4n) is 1.26. The first-order chi connectivity index (χ1) is 8.29. The minimum Gasteiger partial charge on any atom is -0.339 e. The lowest BCUT2D eigenvalue weighted by molar-refractivity contribution is -0.121. The molecule has 0 unspecified atom stereocenters. The van der Waals surface area contributed by atoms with Crippen LogP contribution in [0.25, 0.3) is 11.4 Å². The van der Waals surface area contributed by atoms with E-state index in [0.717, 1.165) is 5.56 Å². The summed E-state index contributed by atoms with van der Waals surface area (Å²) in [6.45, 7) is 0. The molecule has 2 aromatic heterocycles. The predicted molar refractivity (Wildman–Crippen MR) is 58.2 cm³/mol. The quantitative estimate of drug-likeness (QED) is 0.439. The van der Waals surface area contributed by atoms with Gasteiger partial charge in [-0.1, -0.05) is 5.16 Å². The molecule has 0 saturated carbocycles. The molecule has 2 rings (SSSR count). The molecule has 0 aliphatic carbocycles. The molecule has 0 atom stereocenters. The Morgan fingerprint density at radius 3 is 3.12 bits per heavy atom. The van der Waals surface area contributed by atoms with Gasteiger partial charge in [0.05, 0.1) is 0 Å². The number of pyridine rings is 1. The van der Waals surface area contributed by atoms with Crippen molar-refractivity contribution in [3.05, 3.63) is 30.4 Å². The molecule has 7 nitrogen and oxygen atoms in total. The summed E-state index contributed by atoms with van der Waals surface area (Å²) >= 11 is 0. The van der Waals surface area contributed by atoms with Crippen LogP contribution >= 0.6 is 0 Å². The SMILES string of the molecule is NNC(=O)CCc1nc(-c2cccnc2)no1. The zero-order chi connectivity index (χ0) is 12.1. The van der Waals surface area contributed by atoms with E-state index in [1.165, 1.54) is 0 Å². The van der Waals surface area contributed by atoms with E-state index in [4.69, 9.17) is 10.4 Å². The van der Waals surface area contributed by atoms with E-state index in [9.17, 15) is 4.79 Å². The molecule has 0 fully saturated rings. The predicted octanol–water partition coefficient (Wildman–Crippen LogP) is 0.0541. The summed E-state index contributed by atoms with van der Waals surface area (Å²) in [6, 6.07) is 3.61. The van der Waals surface area contributed by atoms with Gasteiger partial charge in [0, 0.05) is 30.8 Å². The molecule has 0 radical (unpaired) electrons. The first-order valence-corrected chi connectivity index (χ1v) is 5.02. The molecule has 7 heteroatoms. The van der Waals surface area contributed by atoms with Crippen LogP contribution in [0.2, 0.25) is 0 Å². The van der Waals surface area contributed by atoms with Crippen molar-refractivity contribution in [3.8, 4) is 11.4 Å². The van der Waals surface area contributed by atoms with Gasteiger partial charge in [-0.25, -0.2) is 5.84 Å². The van der Waals surface area contributed by atoms with E-state index in [-0.39, 0.29) is 12.3 Å². The number of nitrogens with zero attached hydrogens (tertiary/aromatic N) is 3. The second-order valence-corrected chi connectivity index (χ2v) is 3.32. The first kappa shape index (κ1) is 11.2. The molecule has 0 aliphatic heterocycles. The standard InChI is InChI=1S/C10H11N5O2/c11-14-8(16)3-4-9-13-10(15-17-9)7-2-1-5-12-6-7/h1-2,5-6H,3-4,11H2,(H,14,16). The fourth-order valence-corrected chi connectivity index (χ4v) is 1.26. The van der Waals surface area contributed by atoms with Gasteiger partial charge in [0.15, 0.2) is 0 Å². The monoisotopic (exact) mass is 233 g/mol. The highest BCUT2D eigenvalue weighted by Gasteiger charge is 2.09.